The van der Waals surface area contributed by atoms with Gasteiger partial charge in [-0.1, -0.05) is 31.9 Å². The van der Waals surface area contributed by atoms with Crippen molar-refractivity contribution in [1.29, 1.82) is 0 Å². The average Bonchev–Trinajstić information content (AvgIpc) is 2.32. The standard InChI is InChI=1S/C14H8Br2F2O/c15-10-3-9(5-12(18)7-10)14(19)6-8-4-11(17)1-2-13(8)16/h1-5,7H,6H2. The zero-order chi connectivity index (χ0) is 14.0. The van der Waals surface area contributed by atoms with Gasteiger partial charge in [0, 0.05) is 20.9 Å². The third-order valence-electron chi connectivity index (χ3n) is 2.54. The van der Waals surface area contributed by atoms with Gasteiger partial charge in [-0.05, 0) is 42.0 Å². The minimum atomic E-state index is -0.490. The molecule has 0 atom stereocenters. The number of hydrogen-bond donors (Lipinski definition) is 0. The average molecular weight is 390 g/mol. The van der Waals surface area contributed by atoms with Crippen LogP contribution < -0.4 is 0 Å². The molecule has 0 saturated heterocycles. The van der Waals surface area contributed by atoms with E-state index in [0.717, 1.165) is 0 Å². The molecule has 19 heavy (non-hydrogen) atoms. The first kappa shape index (κ1) is 14.3. The van der Waals surface area contributed by atoms with Crippen LogP contribution in [0, 0.1) is 11.6 Å². The van der Waals surface area contributed by atoms with Crippen molar-refractivity contribution in [2.75, 3.05) is 0 Å². The lowest BCUT2D eigenvalue weighted by Crippen LogP contribution is -2.05. The molecule has 0 aliphatic carbocycles. The van der Waals surface area contributed by atoms with Crippen LogP contribution in [0.3, 0.4) is 0 Å². The van der Waals surface area contributed by atoms with Crippen molar-refractivity contribution in [3.63, 3.8) is 0 Å². The van der Waals surface area contributed by atoms with Gasteiger partial charge in [0.05, 0.1) is 0 Å². The highest BCUT2D eigenvalue weighted by molar-refractivity contribution is 9.10. The van der Waals surface area contributed by atoms with Crippen LogP contribution in [0.5, 0.6) is 0 Å². The molecule has 98 valence electrons. The molecule has 2 aromatic carbocycles. The summed E-state index contributed by atoms with van der Waals surface area (Å²) < 4.78 is 27.5. The molecule has 0 saturated carbocycles. The van der Waals surface area contributed by atoms with Gasteiger partial charge < -0.3 is 0 Å². The Labute approximate surface area is 125 Å². The molecule has 0 aliphatic rings. The zero-order valence-electron chi connectivity index (χ0n) is 9.59. The smallest absolute Gasteiger partial charge is 0.167 e. The summed E-state index contributed by atoms with van der Waals surface area (Å²) in [5, 5.41) is 0. The van der Waals surface area contributed by atoms with Crippen LogP contribution in [0.25, 0.3) is 0 Å². The highest BCUT2D eigenvalue weighted by Crippen LogP contribution is 2.21. The first-order valence-corrected chi connectivity index (χ1v) is 6.97. The molecule has 0 N–H and O–H groups in total. The van der Waals surface area contributed by atoms with Crippen molar-refractivity contribution in [3.05, 3.63) is 68.1 Å². The molecular weight excluding hydrogens is 382 g/mol. The monoisotopic (exact) mass is 388 g/mol. The number of hydrogen-bond acceptors (Lipinski definition) is 1. The van der Waals surface area contributed by atoms with Gasteiger partial charge in [0.15, 0.2) is 5.78 Å². The molecule has 1 nitrogen and oxygen atoms in total. The van der Waals surface area contributed by atoms with Crippen LogP contribution >= 0.6 is 31.9 Å². The molecule has 0 aromatic heterocycles. The summed E-state index contributed by atoms with van der Waals surface area (Å²) >= 11 is 6.39. The molecule has 5 heteroatoms. The Bertz CT molecular complexity index is 621. The van der Waals surface area contributed by atoms with Gasteiger partial charge in [0.25, 0.3) is 0 Å². The van der Waals surface area contributed by atoms with E-state index in [-0.39, 0.29) is 17.8 Å². The quantitative estimate of drug-likeness (QED) is 0.681. The molecule has 0 radical (unpaired) electrons. The number of halogens is 4. The fraction of sp³-hybridized carbons (Fsp3) is 0.0714. The fourth-order valence-electron chi connectivity index (χ4n) is 1.67. The molecular formula is C14H8Br2F2O. The van der Waals surface area contributed by atoms with Crippen LogP contribution in [0.4, 0.5) is 8.78 Å². The van der Waals surface area contributed by atoms with Crippen molar-refractivity contribution >= 4 is 37.6 Å². The van der Waals surface area contributed by atoms with Crippen LogP contribution in [-0.2, 0) is 6.42 Å². The van der Waals surface area contributed by atoms with Crippen molar-refractivity contribution < 1.29 is 13.6 Å². The number of Topliss-reactive ketones (excluding diaryl/α,β-unsaturated/α-hetero) is 1. The van der Waals surface area contributed by atoms with E-state index >= 15 is 0 Å². The predicted octanol–water partition coefficient (Wildman–Crippen LogP) is 4.92. The summed E-state index contributed by atoms with van der Waals surface area (Å²) in [4.78, 5) is 12.1. The Kier molecular flexibility index (Phi) is 4.47. The Morgan fingerprint density at radius 3 is 2.42 bits per heavy atom. The van der Waals surface area contributed by atoms with Crippen LogP contribution in [0.2, 0.25) is 0 Å². The van der Waals surface area contributed by atoms with E-state index in [0.29, 0.717) is 14.5 Å². The van der Waals surface area contributed by atoms with Crippen molar-refractivity contribution in [3.8, 4) is 0 Å². The molecule has 0 aliphatic heterocycles. The van der Waals surface area contributed by atoms with E-state index in [4.69, 9.17) is 0 Å². The lowest BCUT2D eigenvalue weighted by atomic mass is 10.0. The Balaban J connectivity index is 2.28. The molecule has 0 amide bonds. The van der Waals surface area contributed by atoms with Gasteiger partial charge in [-0.25, -0.2) is 8.78 Å². The third kappa shape index (κ3) is 3.70. The number of carbonyl (C=O) groups is 1. The summed E-state index contributed by atoms with van der Waals surface area (Å²) in [5.41, 5.74) is 0.786. The molecule has 0 unspecified atom stereocenters. The summed E-state index contributed by atoms with van der Waals surface area (Å²) in [7, 11) is 0. The van der Waals surface area contributed by atoms with E-state index in [1.54, 1.807) is 12.1 Å². The maximum Gasteiger partial charge on any atom is 0.167 e. The van der Waals surface area contributed by atoms with Crippen molar-refractivity contribution in [1.82, 2.24) is 0 Å². The number of ketones is 1. The maximum atomic E-state index is 13.2. The molecule has 0 bridgehead atoms. The van der Waals surface area contributed by atoms with E-state index < -0.39 is 11.6 Å². The van der Waals surface area contributed by atoms with Gasteiger partial charge in [0.1, 0.15) is 11.6 Å². The molecule has 2 aromatic rings. The number of rotatable bonds is 3. The van der Waals surface area contributed by atoms with E-state index in [1.165, 1.54) is 24.3 Å². The van der Waals surface area contributed by atoms with E-state index in [9.17, 15) is 13.6 Å². The van der Waals surface area contributed by atoms with Gasteiger partial charge in [-0.2, -0.15) is 0 Å². The number of carbonyl (C=O) groups excluding carboxylic acids is 1. The minimum absolute atomic E-state index is 0.00817. The largest absolute Gasteiger partial charge is 0.294 e. The SMILES string of the molecule is O=C(Cc1cc(F)ccc1Br)c1cc(F)cc(Br)c1. The summed E-state index contributed by atoms with van der Waals surface area (Å²) in [6.07, 6.45) is 0.00817. The molecule has 0 spiro atoms. The normalized spacial score (nSPS) is 10.5. The number of benzene rings is 2. The molecule has 0 fully saturated rings. The first-order valence-electron chi connectivity index (χ1n) is 5.39. The summed E-state index contributed by atoms with van der Waals surface area (Å²) in [5.74, 6) is -1.17. The predicted molar refractivity (Wildman–Crippen MR) is 76.2 cm³/mol. The van der Waals surface area contributed by atoms with Gasteiger partial charge in [-0.3, -0.25) is 4.79 Å². The lowest BCUT2D eigenvalue weighted by Gasteiger charge is -2.05. The topological polar surface area (TPSA) is 17.1 Å². The van der Waals surface area contributed by atoms with E-state index in [1.807, 2.05) is 0 Å². The first-order chi connectivity index (χ1) is 8.95. The second kappa shape index (κ2) is 5.92. The molecule has 0 heterocycles. The van der Waals surface area contributed by atoms with Gasteiger partial charge >= 0.3 is 0 Å². The van der Waals surface area contributed by atoms with Crippen molar-refractivity contribution in [2.24, 2.45) is 0 Å². The van der Waals surface area contributed by atoms with Crippen LogP contribution in [-0.4, -0.2) is 5.78 Å². The Hall–Kier alpha value is -1.07. The summed E-state index contributed by atoms with van der Waals surface area (Å²) in [6.45, 7) is 0. The molecule has 2 rings (SSSR count). The summed E-state index contributed by atoms with van der Waals surface area (Å²) in [6, 6.07) is 8.11. The highest BCUT2D eigenvalue weighted by Gasteiger charge is 2.12. The second-order valence-electron chi connectivity index (χ2n) is 3.99. The Morgan fingerprint density at radius 2 is 1.74 bits per heavy atom. The zero-order valence-corrected chi connectivity index (χ0v) is 12.8. The van der Waals surface area contributed by atoms with Crippen LogP contribution in [0.1, 0.15) is 15.9 Å². The lowest BCUT2D eigenvalue weighted by molar-refractivity contribution is 0.0992. The third-order valence-corrected chi connectivity index (χ3v) is 3.77. The van der Waals surface area contributed by atoms with Crippen molar-refractivity contribution in [2.45, 2.75) is 6.42 Å². The van der Waals surface area contributed by atoms with E-state index in [2.05, 4.69) is 31.9 Å². The maximum absolute atomic E-state index is 13.2. The van der Waals surface area contributed by atoms with Gasteiger partial charge in [-0.15, -0.1) is 0 Å². The Morgan fingerprint density at radius 1 is 1.00 bits per heavy atom. The second-order valence-corrected chi connectivity index (χ2v) is 5.76. The highest BCUT2D eigenvalue weighted by atomic mass is 79.9. The fourth-order valence-corrected chi connectivity index (χ4v) is 2.52. The minimum Gasteiger partial charge on any atom is -0.294 e. The van der Waals surface area contributed by atoms with Gasteiger partial charge in [0.2, 0.25) is 0 Å². The van der Waals surface area contributed by atoms with Crippen LogP contribution in [0.15, 0.2) is 45.3 Å².